The fourth-order valence-corrected chi connectivity index (χ4v) is 4.65. The van der Waals surface area contributed by atoms with E-state index in [1.54, 1.807) is 64.4 Å². The van der Waals surface area contributed by atoms with Gasteiger partial charge in [0.05, 0.1) is 16.8 Å². The highest BCUT2D eigenvalue weighted by Crippen LogP contribution is 2.30. The smallest absolute Gasteiger partial charge is 0.255 e. The van der Waals surface area contributed by atoms with Crippen molar-refractivity contribution in [1.29, 1.82) is 0 Å². The Hall–Kier alpha value is -4.24. The van der Waals surface area contributed by atoms with Crippen molar-refractivity contribution in [2.45, 2.75) is 12.5 Å². The molecule has 0 aliphatic carbocycles. The number of hydrogen-bond donors (Lipinski definition) is 2. The molecule has 8 nitrogen and oxygen atoms in total. The van der Waals surface area contributed by atoms with Gasteiger partial charge in [-0.05, 0) is 36.2 Å². The van der Waals surface area contributed by atoms with Crippen molar-refractivity contribution >= 4 is 29.2 Å². The first-order chi connectivity index (χ1) is 17.8. The highest BCUT2D eigenvalue weighted by molar-refractivity contribution is 6.33. The van der Waals surface area contributed by atoms with Crippen LogP contribution in [0.5, 0.6) is 0 Å². The summed E-state index contributed by atoms with van der Waals surface area (Å²) >= 11 is 6.09. The first-order valence-corrected chi connectivity index (χ1v) is 12.1. The van der Waals surface area contributed by atoms with Crippen LogP contribution in [0.15, 0.2) is 67.1 Å². The van der Waals surface area contributed by atoms with Crippen LogP contribution in [0.3, 0.4) is 0 Å². The van der Waals surface area contributed by atoms with Gasteiger partial charge in [-0.1, -0.05) is 35.9 Å². The average molecular weight is 519 g/mol. The van der Waals surface area contributed by atoms with E-state index in [4.69, 9.17) is 17.3 Å². The third-order valence-corrected chi connectivity index (χ3v) is 6.79. The molecule has 4 aromatic rings. The lowest BCUT2D eigenvalue weighted by atomic mass is 10.0. The predicted molar refractivity (Wildman–Crippen MR) is 139 cm³/mol. The Morgan fingerprint density at radius 2 is 1.89 bits per heavy atom. The van der Waals surface area contributed by atoms with Crippen LogP contribution >= 0.6 is 11.6 Å². The zero-order chi connectivity index (χ0) is 26.1. The fourth-order valence-electron chi connectivity index (χ4n) is 4.41. The van der Waals surface area contributed by atoms with Crippen molar-refractivity contribution in [2.75, 3.05) is 18.8 Å². The first-order valence-electron chi connectivity index (χ1n) is 11.7. The lowest BCUT2D eigenvalue weighted by Crippen LogP contribution is -2.38. The second-order valence-electron chi connectivity index (χ2n) is 8.95. The normalized spacial score (nSPS) is 15.1. The number of nitrogen functional groups attached to an aromatic ring is 1. The van der Waals surface area contributed by atoms with E-state index < -0.39 is 5.82 Å². The summed E-state index contributed by atoms with van der Waals surface area (Å²) < 4.78 is 15.5. The van der Waals surface area contributed by atoms with Crippen molar-refractivity contribution in [1.82, 2.24) is 25.0 Å². The van der Waals surface area contributed by atoms with Crippen molar-refractivity contribution in [3.8, 4) is 22.3 Å². The number of nitrogens with two attached hydrogens (primary N) is 1. The highest BCUT2D eigenvalue weighted by atomic mass is 35.5. The van der Waals surface area contributed by atoms with E-state index in [9.17, 15) is 14.0 Å². The summed E-state index contributed by atoms with van der Waals surface area (Å²) in [6.45, 7) is 0.877. The topological polar surface area (TPSA) is 106 Å². The molecule has 1 saturated heterocycles. The Labute approximate surface area is 217 Å². The number of nitrogens with one attached hydrogen (secondary N) is 1. The molecule has 2 aromatic heterocycles. The Morgan fingerprint density at radius 3 is 2.62 bits per heavy atom. The van der Waals surface area contributed by atoms with Crippen molar-refractivity contribution in [2.24, 2.45) is 7.05 Å². The molecule has 5 rings (SSSR count). The monoisotopic (exact) mass is 518 g/mol. The standard InChI is InChI=1S/C27H24ClFN6O2/c1-34-14-19(13-32-34)18-11-22(25(30)31-12-18)26(36)33-20-9-10-35(15-20)27(37)17-7-5-16(6-8-17)21-3-2-4-23(29)24(21)28/h2-8,11-14,20H,9-10,15H2,1H3,(H2,30,31)(H,33,36)/t20-/m1/s1. The summed E-state index contributed by atoms with van der Waals surface area (Å²) in [5.41, 5.74) is 9.60. The number of hydrogen-bond acceptors (Lipinski definition) is 5. The fraction of sp³-hybridized carbons (Fsp3) is 0.185. The number of nitrogens with zero attached hydrogens (tertiary/aromatic N) is 4. The molecule has 3 N–H and O–H groups in total. The Balaban J connectivity index is 1.24. The molecule has 0 bridgehead atoms. The minimum absolute atomic E-state index is 0.0431. The van der Waals surface area contributed by atoms with E-state index >= 15 is 0 Å². The minimum Gasteiger partial charge on any atom is -0.383 e. The van der Waals surface area contributed by atoms with Crippen LogP contribution < -0.4 is 11.1 Å². The van der Waals surface area contributed by atoms with Crippen LogP contribution in [0.2, 0.25) is 5.02 Å². The summed E-state index contributed by atoms with van der Waals surface area (Å²) in [5.74, 6) is -0.847. The maximum atomic E-state index is 13.8. The maximum absolute atomic E-state index is 13.8. The van der Waals surface area contributed by atoms with E-state index in [0.717, 1.165) is 11.1 Å². The summed E-state index contributed by atoms with van der Waals surface area (Å²) in [7, 11) is 1.81. The second kappa shape index (κ2) is 10.0. The number of aryl methyl sites for hydroxylation is 1. The molecule has 0 radical (unpaired) electrons. The van der Waals surface area contributed by atoms with Gasteiger partial charge in [0, 0.05) is 60.8 Å². The van der Waals surface area contributed by atoms with Gasteiger partial charge in [0.15, 0.2) is 0 Å². The molecule has 188 valence electrons. The van der Waals surface area contributed by atoms with Crippen LogP contribution in [-0.4, -0.2) is 50.6 Å². The zero-order valence-electron chi connectivity index (χ0n) is 20.0. The number of rotatable bonds is 5. The number of likely N-dealkylation sites (tertiary alicyclic amines) is 1. The molecular formula is C27H24ClFN6O2. The molecule has 1 fully saturated rings. The maximum Gasteiger partial charge on any atom is 0.255 e. The zero-order valence-corrected chi connectivity index (χ0v) is 20.7. The highest BCUT2D eigenvalue weighted by Gasteiger charge is 2.29. The number of carbonyl (C=O) groups is 2. The first kappa shape index (κ1) is 24.5. The van der Waals surface area contributed by atoms with Crippen LogP contribution in [-0.2, 0) is 7.05 Å². The molecule has 37 heavy (non-hydrogen) atoms. The number of amides is 2. The lowest BCUT2D eigenvalue weighted by Gasteiger charge is -2.18. The van der Waals surface area contributed by atoms with E-state index in [1.807, 2.05) is 13.2 Å². The molecule has 2 aromatic carbocycles. The van der Waals surface area contributed by atoms with Crippen LogP contribution in [0, 0.1) is 5.82 Å². The molecule has 1 aliphatic heterocycles. The molecule has 0 saturated carbocycles. The Bertz CT molecular complexity index is 1490. The van der Waals surface area contributed by atoms with Crippen LogP contribution in [0.25, 0.3) is 22.3 Å². The number of halogens is 2. The number of anilines is 1. The molecule has 2 amide bonds. The van der Waals surface area contributed by atoms with Crippen molar-refractivity contribution in [3.05, 3.63) is 89.1 Å². The van der Waals surface area contributed by atoms with Crippen molar-refractivity contribution in [3.63, 3.8) is 0 Å². The van der Waals surface area contributed by atoms with Gasteiger partial charge < -0.3 is 16.0 Å². The molecule has 10 heteroatoms. The van der Waals surface area contributed by atoms with Gasteiger partial charge in [0.25, 0.3) is 11.8 Å². The van der Waals surface area contributed by atoms with E-state index in [-0.39, 0.29) is 34.3 Å². The third-order valence-electron chi connectivity index (χ3n) is 6.41. The summed E-state index contributed by atoms with van der Waals surface area (Å²) in [4.78, 5) is 31.9. The van der Waals surface area contributed by atoms with Gasteiger partial charge in [-0.15, -0.1) is 0 Å². The van der Waals surface area contributed by atoms with E-state index in [0.29, 0.717) is 36.2 Å². The lowest BCUT2D eigenvalue weighted by molar-refractivity contribution is 0.0783. The van der Waals surface area contributed by atoms with Crippen LogP contribution in [0.1, 0.15) is 27.1 Å². The van der Waals surface area contributed by atoms with Gasteiger partial charge in [0.2, 0.25) is 0 Å². The summed E-state index contributed by atoms with van der Waals surface area (Å²) in [6, 6.07) is 13.0. The SMILES string of the molecule is Cn1cc(-c2cnc(N)c(C(=O)N[C@@H]3CCN(C(=O)c4ccc(-c5cccc(F)c5Cl)cc4)C3)c2)cn1. The number of carbonyl (C=O) groups excluding carboxylic acids is 2. The van der Waals surface area contributed by atoms with Gasteiger partial charge >= 0.3 is 0 Å². The van der Waals surface area contributed by atoms with Crippen molar-refractivity contribution < 1.29 is 14.0 Å². The molecule has 0 spiro atoms. The van der Waals surface area contributed by atoms with Crippen LogP contribution in [0.4, 0.5) is 10.2 Å². The summed E-state index contributed by atoms with van der Waals surface area (Å²) in [6.07, 6.45) is 5.74. The molecule has 0 unspecified atom stereocenters. The Kier molecular flexibility index (Phi) is 6.62. The number of benzene rings is 2. The molecule has 3 heterocycles. The molecule has 1 atom stereocenters. The molecule has 1 aliphatic rings. The number of pyridine rings is 1. The minimum atomic E-state index is -0.495. The van der Waals surface area contributed by atoms with Gasteiger partial charge in [0.1, 0.15) is 11.6 Å². The predicted octanol–water partition coefficient (Wildman–Crippen LogP) is 4.17. The average Bonchev–Trinajstić information content (AvgIpc) is 3.55. The third kappa shape index (κ3) is 5.03. The molecular weight excluding hydrogens is 495 g/mol. The van der Waals surface area contributed by atoms with E-state index in [1.165, 1.54) is 6.07 Å². The van der Waals surface area contributed by atoms with Gasteiger partial charge in [-0.25, -0.2) is 9.37 Å². The number of aromatic nitrogens is 3. The second-order valence-corrected chi connectivity index (χ2v) is 9.33. The summed E-state index contributed by atoms with van der Waals surface area (Å²) in [5, 5.41) is 7.17. The van der Waals surface area contributed by atoms with E-state index in [2.05, 4.69) is 15.4 Å². The largest absolute Gasteiger partial charge is 0.383 e. The van der Waals surface area contributed by atoms with Gasteiger partial charge in [-0.2, -0.15) is 5.10 Å². The Morgan fingerprint density at radius 1 is 1.11 bits per heavy atom. The quantitative estimate of drug-likeness (QED) is 0.412. The van der Waals surface area contributed by atoms with Gasteiger partial charge in [-0.3, -0.25) is 14.3 Å².